The van der Waals surface area contributed by atoms with E-state index in [4.69, 9.17) is 16.6 Å². The van der Waals surface area contributed by atoms with Gasteiger partial charge in [0.1, 0.15) is 11.5 Å². The minimum absolute atomic E-state index is 0.503. The first-order valence-electron chi connectivity index (χ1n) is 9.23. The summed E-state index contributed by atoms with van der Waals surface area (Å²) in [5, 5.41) is 4.57. The van der Waals surface area contributed by atoms with Gasteiger partial charge in [0.2, 0.25) is 0 Å². The molecule has 26 heavy (non-hydrogen) atoms. The lowest BCUT2D eigenvalue weighted by Gasteiger charge is -2.24. The van der Waals surface area contributed by atoms with Gasteiger partial charge in [-0.2, -0.15) is 0 Å². The molecule has 1 N–H and O–H groups in total. The Balaban J connectivity index is 1.73. The summed E-state index contributed by atoms with van der Waals surface area (Å²) in [6.07, 6.45) is 6.38. The molecule has 0 aliphatic heterocycles. The van der Waals surface area contributed by atoms with Gasteiger partial charge in [-0.15, -0.1) is 0 Å². The Hall–Kier alpha value is -2.04. The van der Waals surface area contributed by atoms with E-state index in [1.807, 2.05) is 18.2 Å². The molecule has 5 heteroatoms. The van der Waals surface area contributed by atoms with Gasteiger partial charge in [0.25, 0.3) is 0 Å². The highest BCUT2D eigenvalue weighted by Crippen LogP contribution is 2.39. The van der Waals surface area contributed by atoms with Crippen molar-refractivity contribution in [2.75, 3.05) is 5.32 Å². The monoisotopic (exact) mass is 381 g/mol. The van der Waals surface area contributed by atoms with E-state index in [-0.39, 0.29) is 0 Å². The number of rotatable bonds is 3. The summed E-state index contributed by atoms with van der Waals surface area (Å²) in [7, 11) is 0. The minimum atomic E-state index is 0.503. The number of aromatic nitrogens is 2. The highest BCUT2D eigenvalue weighted by molar-refractivity contribution is 7.23. The standard InChI is InChI=1S/C21H20ClN3S/c22-16-11-5-4-10-15(16)19-20(23-14-8-2-1-3-9-14)25-17-12-6-7-13-18(17)26-21(25)24-19/h4-7,10-14,23H,1-3,8-9H2. The summed E-state index contributed by atoms with van der Waals surface area (Å²) < 4.78 is 3.53. The minimum Gasteiger partial charge on any atom is -0.367 e. The van der Waals surface area contributed by atoms with Crippen LogP contribution in [0.25, 0.3) is 26.4 Å². The Kier molecular flexibility index (Phi) is 4.10. The third kappa shape index (κ3) is 2.68. The van der Waals surface area contributed by atoms with Crippen LogP contribution in [0.1, 0.15) is 32.1 Å². The van der Waals surface area contributed by atoms with Crippen molar-refractivity contribution in [2.24, 2.45) is 0 Å². The Morgan fingerprint density at radius 3 is 2.62 bits per heavy atom. The van der Waals surface area contributed by atoms with Crippen LogP contribution in [0.5, 0.6) is 0 Å². The van der Waals surface area contributed by atoms with Gasteiger partial charge in [0.05, 0.1) is 15.2 Å². The van der Waals surface area contributed by atoms with Gasteiger partial charge in [-0.25, -0.2) is 4.98 Å². The predicted molar refractivity (Wildman–Crippen MR) is 112 cm³/mol. The van der Waals surface area contributed by atoms with Gasteiger partial charge in [-0.1, -0.05) is 72.5 Å². The van der Waals surface area contributed by atoms with E-state index in [0.717, 1.165) is 27.1 Å². The van der Waals surface area contributed by atoms with Gasteiger partial charge in [-0.05, 0) is 31.0 Å². The van der Waals surface area contributed by atoms with E-state index in [9.17, 15) is 0 Å². The highest BCUT2D eigenvalue weighted by Gasteiger charge is 2.23. The SMILES string of the molecule is Clc1ccccc1-c1nc2sc3ccccc3n2c1NC1CCCCC1. The molecular weight excluding hydrogens is 362 g/mol. The first-order valence-corrected chi connectivity index (χ1v) is 10.4. The van der Waals surface area contributed by atoms with Gasteiger partial charge < -0.3 is 5.32 Å². The Labute approximate surface area is 161 Å². The number of para-hydroxylation sites is 1. The maximum atomic E-state index is 6.51. The molecule has 0 bridgehead atoms. The van der Waals surface area contributed by atoms with Crippen LogP contribution in [-0.2, 0) is 0 Å². The van der Waals surface area contributed by atoms with E-state index in [0.29, 0.717) is 6.04 Å². The van der Waals surface area contributed by atoms with Gasteiger partial charge >= 0.3 is 0 Å². The molecule has 4 aromatic rings. The number of imidazole rings is 1. The van der Waals surface area contributed by atoms with E-state index in [1.165, 1.54) is 42.3 Å². The first kappa shape index (κ1) is 16.2. The molecule has 1 fully saturated rings. The topological polar surface area (TPSA) is 29.3 Å². The number of fused-ring (bicyclic) bond motifs is 3. The van der Waals surface area contributed by atoms with Crippen molar-refractivity contribution in [1.82, 2.24) is 9.38 Å². The molecule has 5 rings (SSSR count). The lowest BCUT2D eigenvalue weighted by molar-refractivity contribution is 0.462. The zero-order valence-electron chi connectivity index (χ0n) is 14.4. The number of thiazole rings is 1. The molecule has 2 aromatic heterocycles. The number of nitrogens with zero attached hydrogens (tertiary/aromatic N) is 2. The fourth-order valence-electron chi connectivity index (χ4n) is 3.93. The molecule has 3 nitrogen and oxygen atoms in total. The molecule has 0 saturated heterocycles. The van der Waals surface area contributed by atoms with Gasteiger partial charge in [0.15, 0.2) is 4.96 Å². The first-order chi connectivity index (χ1) is 12.8. The van der Waals surface area contributed by atoms with Gasteiger partial charge in [0, 0.05) is 11.6 Å². The van der Waals surface area contributed by atoms with E-state index < -0.39 is 0 Å². The molecule has 1 saturated carbocycles. The van der Waals surface area contributed by atoms with E-state index in [2.05, 4.69) is 40.0 Å². The van der Waals surface area contributed by atoms with Crippen LogP contribution < -0.4 is 5.32 Å². The van der Waals surface area contributed by atoms with E-state index >= 15 is 0 Å². The Bertz CT molecular complexity index is 1080. The molecule has 0 atom stereocenters. The summed E-state index contributed by atoms with van der Waals surface area (Å²) in [6, 6.07) is 17.0. The fraction of sp³-hybridized carbons (Fsp3) is 0.286. The maximum Gasteiger partial charge on any atom is 0.197 e. The third-order valence-corrected chi connectivity index (χ3v) is 6.58. The van der Waals surface area contributed by atoms with Crippen molar-refractivity contribution < 1.29 is 0 Å². The third-order valence-electron chi connectivity index (χ3n) is 5.23. The number of benzene rings is 2. The average Bonchev–Trinajstić information content (AvgIpc) is 3.20. The second kappa shape index (κ2) is 6.60. The smallest absolute Gasteiger partial charge is 0.197 e. The van der Waals surface area contributed by atoms with Crippen molar-refractivity contribution in [1.29, 1.82) is 0 Å². The molecule has 1 aliphatic rings. The largest absolute Gasteiger partial charge is 0.367 e. The fourth-order valence-corrected chi connectivity index (χ4v) is 5.18. The number of nitrogens with one attached hydrogen (secondary N) is 1. The molecule has 0 spiro atoms. The highest BCUT2D eigenvalue weighted by atomic mass is 35.5. The quantitative estimate of drug-likeness (QED) is 0.432. The molecule has 0 amide bonds. The van der Waals surface area contributed by atoms with E-state index in [1.54, 1.807) is 11.3 Å². The molecule has 132 valence electrons. The van der Waals surface area contributed by atoms with Crippen LogP contribution in [0, 0.1) is 0 Å². The van der Waals surface area contributed by atoms with Gasteiger partial charge in [-0.3, -0.25) is 4.40 Å². The van der Waals surface area contributed by atoms with Crippen molar-refractivity contribution in [3.8, 4) is 11.3 Å². The molecule has 2 aromatic carbocycles. The molecule has 1 aliphatic carbocycles. The molecule has 2 heterocycles. The van der Waals surface area contributed by atoms with Crippen LogP contribution >= 0.6 is 22.9 Å². The summed E-state index contributed by atoms with van der Waals surface area (Å²) in [4.78, 5) is 5.99. The van der Waals surface area contributed by atoms with Crippen molar-refractivity contribution in [2.45, 2.75) is 38.1 Å². The van der Waals surface area contributed by atoms with Crippen LogP contribution in [0.15, 0.2) is 48.5 Å². The van der Waals surface area contributed by atoms with Crippen molar-refractivity contribution >= 4 is 43.9 Å². The lowest BCUT2D eigenvalue weighted by Crippen LogP contribution is -2.23. The summed E-state index contributed by atoms with van der Waals surface area (Å²) in [5.41, 5.74) is 3.15. The molecule has 0 unspecified atom stereocenters. The second-order valence-electron chi connectivity index (χ2n) is 6.96. The van der Waals surface area contributed by atoms with Crippen LogP contribution in [-0.4, -0.2) is 15.4 Å². The number of anilines is 1. The number of halogens is 1. The van der Waals surface area contributed by atoms with Crippen LogP contribution in [0.4, 0.5) is 5.82 Å². The molecular formula is C21H20ClN3S. The zero-order chi connectivity index (χ0) is 17.5. The summed E-state index contributed by atoms with van der Waals surface area (Å²) >= 11 is 8.24. The average molecular weight is 382 g/mol. The lowest BCUT2D eigenvalue weighted by atomic mass is 9.95. The van der Waals surface area contributed by atoms with Crippen LogP contribution in [0.3, 0.4) is 0 Å². The van der Waals surface area contributed by atoms with Crippen molar-refractivity contribution in [3.05, 3.63) is 53.6 Å². The summed E-state index contributed by atoms with van der Waals surface area (Å²) in [5.74, 6) is 1.08. The van der Waals surface area contributed by atoms with Crippen LogP contribution in [0.2, 0.25) is 5.02 Å². The Morgan fingerprint density at radius 2 is 1.77 bits per heavy atom. The number of hydrogen-bond donors (Lipinski definition) is 1. The number of hydrogen-bond acceptors (Lipinski definition) is 3. The normalized spacial score (nSPS) is 15.7. The maximum absolute atomic E-state index is 6.51. The zero-order valence-corrected chi connectivity index (χ0v) is 16.0. The molecule has 0 radical (unpaired) electrons. The predicted octanol–water partition coefficient (Wildman–Crippen LogP) is 6.61. The second-order valence-corrected chi connectivity index (χ2v) is 8.37. The Morgan fingerprint density at radius 1 is 1.00 bits per heavy atom. The summed E-state index contributed by atoms with van der Waals surface area (Å²) in [6.45, 7) is 0. The van der Waals surface area contributed by atoms with Crippen molar-refractivity contribution in [3.63, 3.8) is 0 Å².